The number of H-pyrrole nitrogens is 1. The van der Waals surface area contributed by atoms with Gasteiger partial charge in [0.25, 0.3) is 5.56 Å². The fourth-order valence-electron chi connectivity index (χ4n) is 3.34. The molecule has 0 amide bonds. The Labute approximate surface area is 171 Å². The molecule has 152 valence electrons. The lowest BCUT2D eigenvalue weighted by Crippen LogP contribution is -2.31. The van der Waals surface area contributed by atoms with Gasteiger partial charge in [-0.15, -0.1) is 0 Å². The molecule has 1 aliphatic rings. The average molecular weight is 405 g/mol. The van der Waals surface area contributed by atoms with E-state index >= 15 is 0 Å². The highest BCUT2D eigenvalue weighted by Gasteiger charge is 2.18. The van der Waals surface area contributed by atoms with E-state index in [4.69, 9.17) is 9.47 Å². The summed E-state index contributed by atoms with van der Waals surface area (Å²) in [5.74, 6) is 0.646. The van der Waals surface area contributed by atoms with Crippen LogP contribution in [-0.2, 0) is 6.54 Å². The number of nitrogens with zero attached hydrogens (tertiary/aromatic N) is 2. The van der Waals surface area contributed by atoms with Gasteiger partial charge in [0, 0.05) is 22.9 Å². The Hall–Kier alpha value is -4.07. The molecular formula is C22H19N3O5. The van der Waals surface area contributed by atoms with Crippen LogP contribution in [0.4, 0.5) is 5.69 Å². The van der Waals surface area contributed by atoms with Crippen LogP contribution in [0.15, 0.2) is 57.0 Å². The molecule has 0 atom stereocenters. The number of aromatic nitrogens is 2. The van der Waals surface area contributed by atoms with Crippen molar-refractivity contribution in [2.24, 2.45) is 4.99 Å². The van der Waals surface area contributed by atoms with Crippen molar-refractivity contribution in [1.29, 1.82) is 0 Å². The van der Waals surface area contributed by atoms with Crippen molar-refractivity contribution in [2.45, 2.75) is 6.54 Å². The molecule has 8 heteroatoms. The fraction of sp³-hybridized carbons (Fsp3) is 0.136. The summed E-state index contributed by atoms with van der Waals surface area (Å²) in [5.41, 5.74) is 1.43. The number of rotatable bonds is 5. The zero-order chi connectivity index (χ0) is 21.3. The molecule has 1 aromatic heterocycles. The van der Waals surface area contributed by atoms with Gasteiger partial charge in [0.15, 0.2) is 0 Å². The van der Waals surface area contributed by atoms with Crippen molar-refractivity contribution in [2.75, 3.05) is 14.2 Å². The Morgan fingerprint density at radius 1 is 1.13 bits per heavy atom. The van der Waals surface area contributed by atoms with Crippen molar-refractivity contribution in [3.63, 3.8) is 0 Å². The summed E-state index contributed by atoms with van der Waals surface area (Å²) in [6, 6.07) is 12.6. The van der Waals surface area contributed by atoms with E-state index in [1.54, 1.807) is 24.4 Å². The lowest BCUT2D eigenvalue weighted by molar-refractivity contribution is 0.387. The van der Waals surface area contributed by atoms with Gasteiger partial charge >= 0.3 is 5.69 Å². The number of ether oxygens (including phenoxy) is 2. The third-order valence-corrected chi connectivity index (χ3v) is 4.88. The van der Waals surface area contributed by atoms with Gasteiger partial charge in [0.2, 0.25) is 5.88 Å². The lowest BCUT2D eigenvalue weighted by atomic mass is 10.1. The minimum atomic E-state index is -0.731. The van der Waals surface area contributed by atoms with Crippen LogP contribution in [0.1, 0.15) is 16.7 Å². The Bertz CT molecular complexity index is 1300. The standard InChI is InChI=1S/C22H19N3O5/c1-29-15-7-8-19(30-2)14(9-15)12-25-21(27)17(20(26)24-22(25)28)10-13-11-23-18-6-4-3-5-16(13)18/h3-11,27H,12H2,1-2H3,(H,24,26,28)/b13-10+. The second kappa shape index (κ2) is 7.75. The van der Waals surface area contributed by atoms with E-state index in [9.17, 15) is 14.7 Å². The lowest BCUT2D eigenvalue weighted by Gasteiger charge is -2.14. The number of fused-ring (bicyclic) bond motifs is 1. The van der Waals surface area contributed by atoms with E-state index in [0.717, 1.165) is 15.8 Å². The number of aromatic hydroxyl groups is 1. The zero-order valence-corrected chi connectivity index (χ0v) is 16.4. The molecule has 0 saturated carbocycles. The molecule has 8 nitrogen and oxygen atoms in total. The van der Waals surface area contributed by atoms with Gasteiger partial charge < -0.3 is 14.6 Å². The molecule has 4 rings (SSSR count). The molecule has 2 aromatic carbocycles. The predicted octanol–water partition coefficient (Wildman–Crippen LogP) is 2.56. The third-order valence-electron chi connectivity index (χ3n) is 4.88. The maximum Gasteiger partial charge on any atom is 0.331 e. The Balaban J connectivity index is 1.81. The summed E-state index contributed by atoms with van der Waals surface area (Å²) in [4.78, 5) is 31.4. The largest absolute Gasteiger partial charge is 0.497 e. The van der Waals surface area contributed by atoms with Crippen LogP contribution in [0.25, 0.3) is 11.6 Å². The van der Waals surface area contributed by atoms with Crippen LogP contribution in [0.3, 0.4) is 0 Å². The van der Waals surface area contributed by atoms with Crippen molar-refractivity contribution in [3.8, 4) is 17.4 Å². The Morgan fingerprint density at radius 3 is 2.70 bits per heavy atom. The molecule has 0 spiro atoms. The number of allylic oxidation sites excluding steroid dienone is 1. The first kappa shape index (κ1) is 19.3. The molecule has 0 radical (unpaired) electrons. The molecule has 1 aliphatic heterocycles. The van der Waals surface area contributed by atoms with Gasteiger partial charge in [-0.05, 0) is 30.3 Å². The van der Waals surface area contributed by atoms with Crippen LogP contribution in [-0.4, -0.2) is 35.1 Å². The molecule has 0 saturated heterocycles. The number of methoxy groups -OCH3 is 2. The van der Waals surface area contributed by atoms with Gasteiger partial charge in [-0.3, -0.25) is 19.3 Å². The highest BCUT2D eigenvalue weighted by molar-refractivity contribution is 6.21. The summed E-state index contributed by atoms with van der Waals surface area (Å²) < 4.78 is 11.6. The Morgan fingerprint density at radius 2 is 1.93 bits per heavy atom. The van der Waals surface area contributed by atoms with Crippen LogP contribution in [0, 0.1) is 0 Å². The number of benzene rings is 2. The number of hydrogen-bond donors (Lipinski definition) is 2. The number of aromatic amines is 1. The van der Waals surface area contributed by atoms with Gasteiger partial charge in [0.05, 0.1) is 26.5 Å². The summed E-state index contributed by atoms with van der Waals surface area (Å²) in [7, 11) is 3.04. The highest BCUT2D eigenvalue weighted by Crippen LogP contribution is 2.33. The first-order valence-corrected chi connectivity index (χ1v) is 9.14. The number of para-hydroxylation sites is 1. The van der Waals surface area contributed by atoms with Gasteiger partial charge in [-0.1, -0.05) is 18.2 Å². The van der Waals surface area contributed by atoms with Crippen LogP contribution >= 0.6 is 0 Å². The average Bonchev–Trinajstić information content (AvgIpc) is 3.17. The van der Waals surface area contributed by atoms with E-state index in [1.807, 2.05) is 24.3 Å². The fourth-order valence-corrected chi connectivity index (χ4v) is 3.34. The number of nitrogens with one attached hydrogen (secondary N) is 1. The molecule has 0 unspecified atom stereocenters. The van der Waals surface area contributed by atoms with Crippen LogP contribution < -0.4 is 20.7 Å². The Kier molecular flexibility index (Phi) is 4.97. The van der Waals surface area contributed by atoms with Crippen LogP contribution in [0.5, 0.6) is 17.4 Å². The van der Waals surface area contributed by atoms with Crippen molar-refractivity contribution < 1.29 is 14.6 Å². The zero-order valence-electron chi connectivity index (χ0n) is 16.4. The second-order valence-electron chi connectivity index (χ2n) is 6.64. The van der Waals surface area contributed by atoms with Gasteiger partial charge in [0.1, 0.15) is 17.1 Å². The first-order chi connectivity index (χ1) is 14.5. The topological polar surface area (TPSA) is 106 Å². The smallest absolute Gasteiger partial charge is 0.331 e. The van der Waals surface area contributed by atoms with Gasteiger partial charge in [-0.2, -0.15) is 0 Å². The SMILES string of the molecule is COc1ccc(OC)c(Cn2c(O)c(/C=C3\C=Nc4ccccc43)c(=O)[nH]c2=O)c1. The summed E-state index contributed by atoms with van der Waals surface area (Å²) in [5, 5.41) is 10.8. The van der Waals surface area contributed by atoms with E-state index in [1.165, 1.54) is 20.3 Å². The van der Waals surface area contributed by atoms with E-state index < -0.39 is 17.1 Å². The molecule has 0 bridgehead atoms. The van der Waals surface area contributed by atoms with Crippen LogP contribution in [0.2, 0.25) is 0 Å². The normalized spacial score (nSPS) is 13.5. The second-order valence-corrected chi connectivity index (χ2v) is 6.64. The van der Waals surface area contributed by atoms with E-state index in [2.05, 4.69) is 9.98 Å². The minimum absolute atomic E-state index is 0.0251. The molecular weight excluding hydrogens is 386 g/mol. The summed E-state index contributed by atoms with van der Waals surface area (Å²) in [6.07, 6.45) is 3.13. The maximum atomic E-state index is 12.4. The molecule has 30 heavy (non-hydrogen) atoms. The minimum Gasteiger partial charge on any atom is -0.497 e. The molecule has 0 fully saturated rings. The molecule has 0 aliphatic carbocycles. The van der Waals surface area contributed by atoms with Crippen molar-refractivity contribution >= 4 is 23.6 Å². The molecule has 2 heterocycles. The van der Waals surface area contributed by atoms with E-state index in [-0.39, 0.29) is 12.1 Å². The molecule has 3 aromatic rings. The summed E-state index contributed by atoms with van der Waals surface area (Å²) in [6.45, 7) is -0.0251. The monoisotopic (exact) mass is 405 g/mol. The summed E-state index contributed by atoms with van der Waals surface area (Å²) >= 11 is 0. The van der Waals surface area contributed by atoms with Crippen molar-refractivity contribution in [1.82, 2.24) is 9.55 Å². The quantitative estimate of drug-likeness (QED) is 0.679. The maximum absolute atomic E-state index is 12.4. The number of aliphatic imine (C=N–C) groups is 1. The third kappa shape index (κ3) is 3.39. The first-order valence-electron chi connectivity index (χ1n) is 9.14. The van der Waals surface area contributed by atoms with Gasteiger partial charge in [-0.25, -0.2) is 4.79 Å². The highest BCUT2D eigenvalue weighted by atomic mass is 16.5. The number of hydrogen-bond acceptors (Lipinski definition) is 6. The predicted molar refractivity (Wildman–Crippen MR) is 114 cm³/mol. The van der Waals surface area contributed by atoms with Crippen molar-refractivity contribution in [3.05, 3.63) is 80.0 Å². The molecule has 2 N–H and O–H groups in total. The van der Waals surface area contributed by atoms with E-state index in [0.29, 0.717) is 22.6 Å².